The molecular formula is C3H4NO2S+. The van der Waals surface area contributed by atoms with Gasteiger partial charge in [-0.05, 0) is 0 Å². The third-order valence-electron chi connectivity index (χ3n) is 0.724. The maximum absolute atomic E-state index is 10.2. The van der Waals surface area contributed by atoms with Gasteiger partial charge >= 0.3 is 5.24 Å². The van der Waals surface area contributed by atoms with Crippen LogP contribution in [0.15, 0.2) is 0 Å². The van der Waals surface area contributed by atoms with Crippen LogP contribution in [0.1, 0.15) is 0 Å². The summed E-state index contributed by atoms with van der Waals surface area (Å²) in [6, 6.07) is 0. The number of thioether (sulfide) groups is 1. The van der Waals surface area contributed by atoms with Crippen LogP contribution < -0.4 is 0 Å². The van der Waals surface area contributed by atoms with Crippen LogP contribution >= 0.6 is 11.8 Å². The maximum atomic E-state index is 10.2. The molecule has 7 heavy (non-hydrogen) atoms. The lowest BCUT2D eigenvalue weighted by Gasteiger charge is -1.63. The van der Waals surface area contributed by atoms with Crippen molar-refractivity contribution in [3.8, 4) is 0 Å². The zero-order valence-electron chi connectivity index (χ0n) is 3.59. The van der Waals surface area contributed by atoms with Crippen LogP contribution in [0.4, 0.5) is 4.79 Å². The average Bonchev–Trinajstić information content (AvgIpc) is 1.91. The Hall–Kier alpha value is -0.380. The third-order valence-corrected chi connectivity index (χ3v) is 1.56. The summed E-state index contributed by atoms with van der Waals surface area (Å²) in [6.07, 6.45) is 0. The maximum Gasteiger partial charge on any atom is 0.494 e. The van der Waals surface area contributed by atoms with Gasteiger partial charge in [-0.15, -0.1) is 0 Å². The number of amides is 1. The molecule has 0 aromatic carbocycles. The standard InChI is InChI=1S/C3H4NO2S/c5-3-4(6)1-2-7-3/h1-2H2/q+1. The highest BCUT2D eigenvalue weighted by Gasteiger charge is 2.29. The smallest absolute Gasteiger partial charge is 0.203 e. The van der Waals surface area contributed by atoms with Gasteiger partial charge < -0.3 is 0 Å². The molecule has 0 radical (unpaired) electrons. The molecule has 4 heteroatoms. The Bertz CT molecular complexity index is 108. The van der Waals surface area contributed by atoms with E-state index in [4.69, 9.17) is 0 Å². The Morgan fingerprint density at radius 1 is 1.71 bits per heavy atom. The third kappa shape index (κ3) is 0.796. The van der Waals surface area contributed by atoms with Crippen molar-refractivity contribution in [2.75, 3.05) is 12.3 Å². The quantitative estimate of drug-likeness (QED) is 0.438. The van der Waals surface area contributed by atoms with Crippen LogP contribution in [0.5, 0.6) is 0 Å². The number of hydrogen-bond acceptors (Lipinski definition) is 3. The number of rotatable bonds is 0. The van der Waals surface area contributed by atoms with Crippen molar-refractivity contribution in [1.29, 1.82) is 0 Å². The first-order valence-corrected chi connectivity index (χ1v) is 2.90. The largest absolute Gasteiger partial charge is 0.494 e. The highest BCUT2D eigenvalue weighted by molar-refractivity contribution is 8.13. The van der Waals surface area contributed by atoms with Crippen molar-refractivity contribution in [3.05, 3.63) is 4.91 Å². The summed E-state index contributed by atoms with van der Waals surface area (Å²) in [5.74, 6) is 0.655. The predicted molar refractivity (Wildman–Crippen MR) is 26.3 cm³/mol. The zero-order valence-corrected chi connectivity index (χ0v) is 4.40. The minimum atomic E-state index is -0.347. The summed E-state index contributed by atoms with van der Waals surface area (Å²) in [5, 5.41) is -0.347. The van der Waals surface area contributed by atoms with Gasteiger partial charge in [-0.25, -0.2) is 4.79 Å². The normalized spacial score (nSPS) is 21.1. The van der Waals surface area contributed by atoms with E-state index in [1.165, 1.54) is 0 Å². The number of nitroso groups, excluding NO2 is 1. The molecule has 0 aliphatic carbocycles. The van der Waals surface area contributed by atoms with Crippen LogP contribution in [0.25, 0.3) is 0 Å². The molecule has 0 aromatic heterocycles. The van der Waals surface area contributed by atoms with Gasteiger partial charge in [-0.2, -0.15) is 0 Å². The Morgan fingerprint density at radius 3 is 2.57 bits per heavy atom. The molecule has 1 heterocycles. The van der Waals surface area contributed by atoms with Gasteiger partial charge in [0, 0.05) is 16.7 Å². The summed E-state index contributed by atoms with van der Waals surface area (Å²) >= 11 is 1.08. The molecule has 3 nitrogen and oxygen atoms in total. The van der Waals surface area contributed by atoms with Crippen molar-refractivity contribution in [3.63, 3.8) is 0 Å². The lowest BCUT2D eigenvalue weighted by Crippen LogP contribution is -2.04. The number of carbonyl (C=O) groups is 1. The molecule has 0 N–H and O–H groups in total. The van der Waals surface area contributed by atoms with E-state index < -0.39 is 0 Å². The van der Waals surface area contributed by atoms with E-state index in [-0.39, 0.29) is 5.24 Å². The zero-order chi connectivity index (χ0) is 5.28. The molecular weight excluding hydrogens is 114 g/mol. The lowest BCUT2D eigenvalue weighted by atomic mass is 10.8. The highest BCUT2D eigenvalue weighted by Crippen LogP contribution is 2.10. The molecule has 0 atom stereocenters. The second kappa shape index (κ2) is 1.61. The molecule has 1 aliphatic rings. The summed E-state index contributed by atoms with van der Waals surface area (Å²) in [7, 11) is 0. The van der Waals surface area contributed by atoms with Gasteiger partial charge in [0.05, 0.1) is 10.5 Å². The molecule has 0 bridgehead atoms. The minimum Gasteiger partial charge on any atom is -0.203 e. The van der Waals surface area contributed by atoms with E-state index in [0.29, 0.717) is 17.1 Å². The van der Waals surface area contributed by atoms with Crippen molar-refractivity contribution in [1.82, 2.24) is 0 Å². The fourth-order valence-corrected chi connectivity index (χ4v) is 1.05. The Morgan fingerprint density at radius 2 is 2.43 bits per heavy atom. The van der Waals surface area contributed by atoms with Gasteiger partial charge in [-0.1, -0.05) is 0 Å². The average molecular weight is 118 g/mol. The van der Waals surface area contributed by atoms with E-state index in [2.05, 4.69) is 0 Å². The first-order chi connectivity index (χ1) is 3.30. The van der Waals surface area contributed by atoms with E-state index in [9.17, 15) is 9.70 Å². The van der Waals surface area contributed by atoms with Crippen LogP contribution in [0.2, 0.25) is 0 Å². The Kier molecular flexibility index (Phi) is 1.10. The topological polar surface area (TPSA) is 37.1 Å². The SMILES string of the molecule is O=C1SCC[N+]1=O. The van der Waals surface area contributed by atoms with Crippen LogP contribution in [-0.2, 0) is 0 Å². The van der Waals surface area contributed by atoms with E-state index in [1.54, 1.807) is 0 Å². The van der Waals surface area contributed by atoms with Crippen molar-refractivity contribution < 1.29 is 9.55 Å². The molecule has 1 rings (SSSR count). The van der Waals surface area contributed by atoms with Crippen molar-refractivity contribution in [2.24, 2.45) is 0 Å². The van der Waals surface area contributed by atoms with Gasteiger partial charge in [-0.3, -0.25) is 0 Å². The molecule has 0 unspecified atom stereocenters. The van der Waals surface area contributed by atoms with Crippen LogP contribution in [0, 0.1) is 4.91 Å². The molecule has 1 aliphatic heterocycles. The minimum absolute atomic E-state index is 0.347. The molecule has 0 saturated carbocycles. The van der Waals surface area contributed by atoms with Gasteiger partial charge in [0.15, 0.2) is 0 Å². The summed E-state index contributed by atoms with van der Waals surface area (Å²) in [6.45, 7) is 0.365. The van der Waals surface area contributed by atoms with Crippen LogP contribution in [0.3, 0.4) is 0 Å². The summed E-state index contributed by atoms with van der Waals surface area (Å²) in [4.78, 5) is 20.3. The first kappa shape index (κ1) is 4.77. The Labute approximate surface area is 44.7 Å². The molecule has 1 amide bonds. The monoisotopic (exact) mass is 118 g/mol. The molecule has 1 saturated heterocycles. The van der Waals surface area contributed by atoms with Crippen molar-refractivity contribution in [2.45, 2.75) is 0 Å². The lowest BCUT2D eigenvalue weighted by molar-refractivity contribution is -0.428. The van der Waals surface area contributed by atoms with E-state index >= 15 is 0 Å². The molecule has 38 valence electrons. The second-order valence-corrected chi connectivity index (χ2v) is 2.26. The predicted octanol–water partition coefficient (Wildman–Crippen LogP) is 0.632. The fraction of sp³-hybridized carbons (Fsp3) is 0.667. The first-order valence-electron chi connectivity index (χ1n) is 1.92. The van der Waals surface area contributed by atoms with Gasteiger partial charge in [0.25, 0.3) is 0 Å². The van der Waals surface area contributed by atoms with Gasteiger partial charge in [0.2, 0.25) is 6.54 Å². The Balaban J connectivity index is 2.65. The van der Waals surface area contributed by atoms with Gasteiger partial charge in [0.1, 0.15) is 0 Å². The summed E-state index contributed by atoms with van der Waals surface area (Å²) in [5.41, 5.74) is 0. The molecule has 1 fully saturated rings. The number of carbonyl (C=O) groups excluding carboxylic acids is 1. The van der Waals surface area contributed by atoms with E-state index in [1.807, 2.05) is 0 Å². The fourth-order valence-electron chi connectivity index (χ4n) is 0.379. The van der Waals surface area contributed by atoms with E-state index in [0.717, 1.165) is 11.8 Å². The summed E-state index contributed by atoms with van der Waals surface area (Å²) < 4.78 is 0.477. The number of hydrogen-bond donors (Lipinski definition) is 0. The highest BCUT2D eigenvalue weighted by atomic mass is 32.2. The second-order valence-electron chi connectivity index (χ2n) is 1.22. The van der Waals surface area contributed by atoms with Crippen LogP contribution in [-0.4, -0.2) is 22.3 Å². The number of nitrogens with zero attached hydrogens (tertiary/aromatic N) is 1. The molecule has 0 spiro atoms. The molecule has 0 aromatic rings. The van der Waals surface area contributed by atoms with Crippen molar-refractivity contribution >= 4 is 17.0 Å².